The molecule has 0 bridgehead atoms. The van der Waals surface area contributed by atoms with Gasteiger partial charge in [0.05, 0.1) is 14.2 Å². The highest BCUT2D eigenvalue weighted by Gasteiger charge is 2.45. The van der Waals surface area contributed by atoms with Crippen molar-refractivity contribution in [2.45, 2.75) is 37.7 Å². The van der Waals surface area contributed by atoms with Gasteiger partial charge in [0, 0.05) is 0 Å². The van der Waals surface area contributed by atoms with E-state index in [0.29, 0.717) is 17.4 Å². The summed E-state index contributed by atoms with van der Waals surface area (Å²) < 4.78 is 0. The minimum atomic E-state index is -1.32. The minimum Gasteiger partial charge on any atom is -0.393 e. The molecule has 0 unspecified atom stereocenters. The summed E-state index contributed by atoms with van der Waals surface area (Å²) in [4.78, 5) is 0. The van der Waals surface area contributed by atoms with Gasteiger partial charge in [-0.1, -0.05) is 31.8 Å². The number of rotatable bonds is 5. The molecule has 1 saturated carbocycles. The van der Waals surface area contributed by atoms with Crippen molar-refractivity contribution in [3.05, 3.63) is 25.3 Å². The predicted octanol–water partition coefficient (Wildman–Crippen LogP) is 3.06. The fraction of sp³-hybridized carbons (Fsp3) is 0.667. The molecule has 1 N–H and O–H groups in total. The lowest BCUT2D eigenvalue weighted by molar-refractivity contribution is 0.148. The number of hydrogen-bond acceptors (Lipinski definition) is 1. The van der Waals surface area contributed by atoms with Crippen molar-refractivity contribution in [2.75, 3.05) is 0 Å². The zero-order valence-corrected chi connectivity index (χ0v) is 10.5. The molecule has 0 spiro atoms. The summed E-state index contributed by atoms with van der Waals surface area (Å²) in [5.41, 5.74) is 0.317. The Bertz CT molecular complexity index is 229. The Morgan fingerprint density at radius 2 is 1.93 bits per heavy atom. The van der Waals surface area contributed by atoms with E-state index in [0.717, 1.165) is 6.42 Å². The maximum atomic E-state index is 10.2. The van der Waals surface area contributed by atoms with Crippen molar-refractivity contribution in [3.63, 3.8) is 0 Å². The van der Waals surface area contributed by atoms with Crippen LogP contribution >= 0.6 is 0 Å². The van der Waals surface area contributed by atoms with E-state index in [1.54, 1.807) is 0 Å². The van der Waals surface area contributed by atoms with Gasteiger partial charge in [-0.05, 0) is 23.8 Å². The molecule has 1 nitrogen and oxygen atoms in total. The normalized spacial score (nSPS) is 30.6. The third-order valence-electron chi connectivity index (χ3n) is 3.25. The van der Waals surface area contributed by atoms with Crippen LogP contribution in [0.2, 0.25) is 25.2 Å². The van der Waals surface area contributed by atoms with Crippen molar-refractivity contribution >= 4 is 8.07 Å². The second-order valence-electron chi connectivity index (χ2n) is 5.42. The maximum absolute atomic E-state index is 10.2. The monoisotopic (exact) mass is 210 g/mol. The van der Waals surface area contributed by atoms with Gasteiger partial charge in [0.15, 0.2) is 0 Å². The molecule has 1 fully saturated rings. The molecule has 80 valence electrons. The summed E-state index contributed by atoms with van der Waals surface area (Å²) in [5, 5.41) is 10.2. The van der Waals surface area contributed by atoms with Gasteiger partial charge in [0.25, 0.3) is 0 Å². The maximum Gasteiger partial charge on any atom is 0.0612 e. The molecule has 0 aromatic heterocycles. The van der Waals surface area contributed by atoms with Gasteiger partial charge < -0.3 is 5.11 Å². The van der Waals surface area contributed by atoms with Crippen LogP contribution in [0.25, 0.3) is 0 Å². The molecular weight excluding hydrogens is 188 g/mol. The zero-order valence-electron chi connectivity index (χ0n) is 9.53. The van der Waals surface area contributed by atoms with Crippen LogP contribution in [0.1, 0.15) is 6.42 Å². The highest BCUT2D eigenvalue weighted by molar-refractivity contribution is 6.78. The molecule has 0 heterocycles. The highest BCUT2D eigenvalue weighted by Crippen LogP contribution is 2.47. The van der Waals surface area contributed by atoms with Crippen LogP contribution in [-0.2, 0) is 0 Å². The van der Waals surface area contributed by atoms with Crippen LogP contribution in [0.15, 0.2) is 25.3 Å². The van der Waals surface area contributed by atoms with E-state index < -0.39 is 8.07 Å². The zero-order chi connectivity index (χ0) is 10.9. The molecule has 0 radical (unpaired) electrons. The lowest BCUT2D eigenvalue weighted by atomic mass is 10.1. The first-order chi connectivity index (χ1) is 6.41. The molecule has 1 rings (SSSR count). The molecule has 14 heavy (non-hydrogen) atoms. The van der Waals surface area contributed by atoms with Gasteiger partial charge in [-0.3, -0.25) is 0 Å². The van der Waals surface area contributed by atoms with Gasteiger partial charge in [-0.15, -0.1) is 13.2 Å². The Balaban J connectivity index is 2.62. The van der Waals surface area contributed by atoms with Crippen LogP contribution in [0, 0.1) is 11.8 Å². The molecular formula is C12H22OSi. The molecule has 0 aromatic carbocycles. The van der Waals surface area contributed by atoms with Crippen LogP contribution < -0.4 is 0 Å². The van der Waals surface area contributed by atoms with Gasteiger partial charge in [0.2, 0.25) is 0 Å². The first-order valence-corrected chi connectivity index (χ1v) is 8.92. The SMILES string of the molecule is C=C[C@H]([C@@H](O)[C@@H]1C[C@@H]1C=C)[Si](C)(C)C. The average Bonchev–Trinajstić information content (AvgIpc) is 2.80. The minimum absolute atomic E-state index is 0.192. The number of aliphatic hydroxyl groups is 1. The van der Waals surface area contributed by atoms with E-state index in [9.17, 15) is 5.11 Å². The third-order valence-corrected chi connectivity index (χ3v) is 5.83. The van der Waals surface area contributed by atoms with Gasteiger partial charge in [-0.2, -0.15) is 0 Å². The lowest BCUT2D eigenvalue weighted by Gasteiger charge is -2.30. The van der Waals surface area contributed by atoms with E-state index in [4.69, 9.17) is 0 Å². The fourth-order valence-electron chi connectivity index (χ4n) is 2.17. The Hall–Kier alpha value is -0.343. The van der Waals surface area contributed by atoms with Gasteiger partial charge in [-0.25, -0.2) is 0 Å². The first-order valence-electron chi connectivity index (χ1n) is 5.35. The molecule has 0 aliphatic heterocycles. The summed E-state index contributed by atoms with van der Waals surface area (Å²) in [6.07, 6.45) is 4.84. The molecule has 1 aliphatic carbocycles. The molecule has 1 aliphatic rings. The van der Waals surface area contributed by atoms with E-state index in [1.807, 2.05) is 12.2 Å². The van der Waals surface area contributed by atoms with E-state index in [2.05, 4.69) is 32.8 Å². The number of aliphatic hydroxyl groups excluding tert-OH is 1. The largest absolute Gasteiger partial charge is 0.393 e. The van der Waals surface area contributed by atoms with Crippen molar-refractivity contribution < 1.29 is 5.11 Å². The molecule has 0 amide bonds. The molecule has 2 heteroatoms. The Morgan fingerprint density at radius 1 is 1.36 bits per heavy atom. The summed E-state index contributed by atoms with van der Waals surface area (Å²) >= 11 is 0. The Morgan fingerprint density at radius 3 is 2.21 bits per heavy atom. The topological polar surface area (TPSA) is 20.2 Å². The summed E-state index contributed by atoms with van der Waals surface area (Å²) in [6.45, 7) is 14.5. The van der Waals surface area contributed by atoms with E-state index >= 15 is 0 Å². The number of hydrogen-bond donors (Lipinski definition) is 1. The molecule has 0 aromatic rings. The standard InChI is InChI=1S/C12H22OSi/c1-6-9-8-10(9)12(13)11(7-2)14(3,4)5/h6-7,9-13H,1-2,8H2,3-5H3/t9-,10+,11+,12-/m0/s1. The number of allylic oxidation sites excluding steroid dienone is 1. The predicted molar refractivity (Wildman–Crippen MR) is 65.1 cm³/mol. The van der Waals surface area contributed by atoms with E-state index in [-0.39, 0.29) is 6.10 Å². The quantitative estimate of drug-likeness (QED) is 0.546. The van der Waals surface area contributed by atoms with Crippen molar-refractivity contribution in [1.29, 1.82) is 0 Å². The summed E-state index contributed by atoms with van der Waals surface area (Å²) in [6, 6.07) is 0. The van der Waals surface area contributed by atoms with Crippen LogP contribution in [-0.4, -0.2) is 19.3 Å². The lowest BCUT2D eigenvalue weighted by Crippen LogP contribution is -2.36. The summed E-state index contributed by atoms with van der Waals surface area (Å²) in [7, 11) is -1.32. The van der Waals surface area contributed by atoms with Crippen LogP contribution in [0.3, 0.4) is 0 Å². The van der Waals surface area contributed by atoms with Crippen LogP contribution in [0.5, 0.6) is 0 Å². The van der Waals surface area contributed by atoms with Crippen molar-refractivity contribution in [3.8, 4) is 0 Å². The molecule has 4 atom stereocenters. The second kappa shape index (κ2) is 4.03. The van der Waals surface area contributed by atoms with E-state index in [1.165, 1.54) is 0 Å². The Labute approximate surface area is 88.5 Å². The van der Waals surface area contributed by atoms with Gasteiger partial charge >= 0.3 is 0 Å². The third kappa shape index (κ3) is 2.37. The average molecular weight is 210 g/mol. The molecule has 0 saturated heterocycles. The highest BCUT2D eigenvalue weighted by atomic mass is 28.3. The second-order valence-corrected chi connectivity index (χ2v) is 10.8. The van der Waals surface area contributed by atoms with Crippen molar-refractivity contribution in [2.24, 2.45) is 11.8 Å². The smallest absolute Gasteiger partial charge is 0.0612 e. The van der Waals surface area contributed by atoms with Gasteiger partial charge in [0.1, 0.15) is 0 Å². The van der Waals surface area contributed by atoms with Crippen molar-refractivity contribution in [1.82, 2.24) is 0 Å². The Kier molecular flexibility index (Phi) is 3.38. The van der Waals surface area contributed by atoms with Crippen LogP contribution in [0.4, 0.5) is 0 Å². The first kappa shape index (κ1) is 11.7. The fourth-order valence-corrected chi connectivity index (χ4v) is 4.15. The summed E-state index contributed by atoms with van der Waals surface area (Å²) in [5.74, 6) is 0.992.